The number of nitrogens with zero attached hydrogens (tertiary/aromatic N) is 3. The molecule has 0 fully saturated rings. The third kappa shape index (κ3) is 9.07. The van der Waals surface area contributed by atoms with Crippen LogP contribution in [0.1, 0.15) is 38.9 Å². The van der Waals surface area contributed by atoms with Crippen molar-refractivity contribution in [2.75, 3.05) is 0 Å². The van der Waals surface area contributed by atoms with E-state index < -0.39 is 29.0 Å². The maximum absolute atomic E-state index is 15.3. The molecule has 0 aliphatic rings. The minimum Gasteiger partial charge on any atom is -0.309 e. The monoisotopic (exact) mass is 1080 g/mol. The number of aromatic nitrogens is 2. The Kier molecular flexibility index (Phi) is 12.4. The van der Waals surface area contributed by atoms with Crippen LogP contribution in [-0.4, -0.2) is 9.13 Å². The summed E-state index contributed by atoms with van der Waals surface area (Å²) in [5.41, 5.74) is 13.4. The van der Waals surface area contributed by atoms with Crippen LogP contribution in [0.3, 0.4) is 0 Å². The Morgan fingerprint density at radius 3 is 0.988 bits per heavy atom. The molecular formula is C73H49F6N3. The Bertz CT molecular complexity index is 4490. The number of alkyl halides is 6. The van der Waals surface area contributed by atoms with Crippen molar-refractivity contribution >= 4 is 43.6 Å². The minimum atomic E-state index is -5.15. The number of hydrogen-bond donors (Lipinski definition) is 0. The summed E-state index contributed by atoms with van der Waals surface area (Å²) >= 11 is 0. The van der Waals surface area contributed by atoms with Crippen LogP contribution in [0.5, 0.6) is 0 Å². The summed E-state index contributed by atoms with van der Waals surface area (Å²) in [7, 11) is 0. The van der Waals surface area contributed by atoms with Gasteiger partial charge in [0.25, 0.3) is 0 Å². The fourth-order valence-electron chi connectivity index (χ4n) is 11.7. The van der Waals surface area contributed by atoms with Crippen LogP contribution in [-0.2, 0) is 12.4 Å². The molecule has 82 heavy (non-hydrogen) atoms. The molecule has 0 saturated heterocycles. The molecule has 9 heteroatoms. The summed E-state index contributed by atoms with van der Waals surface area (Å²) in [5.74, 6) is 0. The number of fused-ring (bicyclic) bond motifs is 6. The van der Waals surface area contributed by atoms with Crippen LogP contribution in [0.4, 0.5) is 26.3 Å². The number of hydrogen-bond acceptors (Lipinski definition) is 1. The molecule has 0 bridgehead atoms. The van der Waals surface area contributed by atoms with E-state index in [-0.39, 0.29) is 5.56 Å². The Morgan fingerprint density at radius 1 is 0.317 bits per heavy atom. The molecule has 0 unspecified atom stereocenters. The highest BCUT2D eigenvalue weighted by Crippen LogP contribution is 2.49. The first-order chi connectivity index (χ1) is 39.5. The smallest absolute Gasteiger partial charge is 0.309 e. The summed E-state index contributed by atoms with van der Waals surface area (Å²) in [4.78, 5) is 0. The number of nitriles is 1. The molecule has 0 spiro atoms. The highest BCUT2D eigenvalue weighted by Gasteiger charge is 2.41. The van der Waals surface area contributed by atoms with Gasteiger partial charge in [-0.25, -0.2) is 0 Å². The minimum absolute atomic E-state index is 0.286. The lowest BCUT2D eigenvalue weighted by atomic mass is 9.90. The van der Waals surface area contributed by atoms with Gasteiger partial charge in [-0.1, -0.05) is 162 Å². The average molecular weight is 1080 g/mol. The van der Waals surface area contributed by atoms with Crippen LogP contribution < -0.4 is 0 Å². The van der Waals surface area contributed by atoms with Crippen molar-refractivity contribution in [1.82, 2.24) is 9.13 Å². The topological polar surface area (TPSA) is 33.6 Å². The second kappa shape index (κ2) is 19.7. The predicted molar refractivity (Wildman–Crippen MR) is 321 cm³/mol. The van der Waals surface area contributed by atoms with Gasteiger partial charge in [-0.15, -0.1) is 0 Å². The lowest BCUT2D eigenvalue weighted by Gasteiger charge is -2.22. The molecule has 3 nitrogen and oxygen atoms in total. The summed E-state index contributed by atoms with van der Waals surface area (Å²) in [6, 6.07) is 72.1. The number of rotatable bonds is 8. The Labute approximate surface area is 469 Å². The van der Waals surface area contributed by atoms with E-state index in [0.29, 0.717) is 40.2 Å². The van der Waals surface area contributed by atoms with Gasteiger partial charge in [0.15, 0.2) is 0 Å². The van der Waals surface area contributed by atoms with E-state index in [2.05, 4.69) is 137 Å². The summed E-state index contributed by atoms with van der Waals surface area (Å²) in [5, 5.41) is 14.3. The lowest BCUT2D eigenvalue weighted by Crippen LogP contribution is -2.14. The van der Waals surface area contributed by atoms with E-state index in [1.165, 1.54) is 12.1 Å². The number of benzene rings is 11. The van der Waals surface area contributed by atoms with Crippen LogP contribution in [0.15, 0.2) is 224 Å². The highest BCUT2D eigenvalue weighted by atomic mass is 19.4. The predicted octanol–water partition coefficient (Wildman–Crippen LogP) is 21.0. The SMILES string of the molecule is Cc1ccc(-c2ccc3c(c2)c2cc(-c4ccc(C)cc4)ccc2n3-c2ccc(-c3c(C(F)(F)F)cccc3C(F)(F)F)cc2-c2ccc(C#N)cc2-n2c3ccc(-c4ccc(C)cc4)cc3c3cc(-c4ccc(C)cc4)ccc32)cc1. The van der Waals surface area contributed by atoms with Crippen molar-refractivity contribution in [2.24, 2.45) is 0 Å². The maximum atomic E-state index is 15.3. The molecule has 0 N–H and O–H groups in total. The van der Waals surface area contributed by atoms with Gasteiger partial charge in [-0.3, -0.25) is 0 Å². The van der Waals surface area contributed by atoms with Crippen molar-refractivity contribution in [3.8, 4) is 84.2 Å². The Morgan fingerprint density at radius 2 is 0.646 bits per heavy atom. The summed E-state index contributed by atoms with van der Waals surface area (Å²) < 4.78 is 95.7. The van der Waals surface area contributed by atoms with Gasteiger partial charge >= 0.3 is 12.4 Å². The Hall–Kier alpha value is -9.91. The average Bonchev–Trinajstić information content (AvgIpc) is 3.15. The fraction of sp³-hybridized carbons (Fsp3) is 0.0822. The van der Waals surface area contributed by atoms with E-state index in [1.54, 1.807) is 24.3 Å². The van der Waals surface area contributed by atoms with Crippen LogP contribution in [0.25, 0.3) is 122 Å². The molecule has 0 saturated carbocycles. The first kappa shape index (κ1) is 51.5. The fourth-order valence-corrected chi connectivity index (χ4v) is 11.7. The van der Waals surface area contributed by atoms with E-state index in [9.17, 15) is 5.26 Å². The van der Waals surface area contributed by atoms with Crippen molar-refractivity contribution in [3.63, 3.8) is 0 Å². The zero-order chi connectivity index (χ0) is 56.8. The van der Waals surface area contributed by atoms with Crippen molar-refractivity contribution in [1.29, 1.82) is 5.26 Å². The second-order valence-corrected chi connectivity index (χ2v) is 21.4. The zero-order valence-electron chi connectivity index (χ0n) is 45.0. The van der Waals surface area contributed by atoms with E-state index >= 15 is 26.3 Å². The van der Waals surface area contributed by atoms with Crippen LogP contribution >= 0.6 is 0 Å². The van der Waals surface area contributed by atoms with Crippen molar-refractivity contribution in [2.45, 2.75) is 40.0 Å². The second-order valence-electron chi connectivity index (χ2n) is 21.4. The Balaban J connectivity index is 1.14. The number of halogens is 6. The molecule has 0 atom stereocenters. The molecular weight excluding hydrogens is 1030 g/mol. The molecule has 13 rings (SSSR count). The van der Waals surface area contributed by atoms with Crippen LogP contribution in [0, 0.1) is 39.0 Å². The van der Waals surface area contributed by atoms with Gasteiger partial charge in [-0.2, -0.15) is 31.6 Å². The third-order valence-corrected chi connectivity index (χ3v) is 15.9. The maximum Gasteiger partial charge on any atom is 0.417 e. The molecule has 11 aromatic carbocycles. The van der Waals surface area contributed by atoms with Crippen LogP contribution in [0.2, 0.25) is 0 Å². The molecule has 0 radical (unpaired) electrons. The standard InChI is InChI=1S/C73H49F6N3/c1-43-8-17-48(18-9-43)52-25-31-66-59(37-52)60-38-53(49-19-10-44(2)11-20-49)26-32-67(60)81(66)65-35-29-56(71-63(72(74,75)76)6-5-7-64(71)73(77,78)79)41-58(65)57-30-16-47(42-80)36-70(57)82-68-33-27-54(50-21-12-45(3)13-22-50)39-61(68)62-40-55(28-34-69(62)82)51-23-14-46(4)15-24-51/h5-41H,1-4H3. The van der Waals surface area contributed by atoms with E-state index in [0.717, 1.165) is 116 Å². The van der Waals surface area contributed by atoms with Gasteiger partial charge < -0.3 is 9.13 Å². The van der Waals surface area contributed by atoms with Gasteiger partial charge in [-0.05, 0) is 163 Å². The van der Waals surface area contributed by atoms with Crippen molar-refractivity contribution < 1.29 is 26.3 Å². The first-order valence-electron chi connectivity index (χ1n) is 26.9. The molecule has 0 aliphatic carbocycles. The molecule has 0 aliphatic heterocycles. The zero-order valence-corrected chi connectivity index (χ0v) is 45.0. The molecule has 398 valence electrons. The first-order valence-corrected chi connectivity index (χ1v) is 26.9. The molecule has 13 aromatic rings. The molecule has 2 aromatic heterocycles. The van der Waals surface area contributed by atoms with Gasteiger partial charge in [0.1, 0.15) is 0 Å². The molecule has 0 amide bonds. The summed E-state index contributed by atoms with van der Waals surface area (Å²) in [6.07, 6.45) is -10.3. The van der Waals surface area contributed by atoms with E-state index in [1.807, 2.05) is 76.2 Å². The normalized spacial score (nSPS) is 12.0. The summed E-state index contributed by atoms with van der Waals surface area (Å²) in [6.45, 7) is 8.15. The van der Waals surface area contributed by atoms with Gasteiger partial charge in [0.2, 0.25) is 0 Å². The van der Waals surface area contributed by atoms with Gasteiger partial charge in [0, 0.05) is 38.2 Å². The van der Waals surface area contributed by atoms with Gasteiger partial charge in [0.05, 0.1) is 56.2 Å². The largest absolute Gasteiger partial charge is 0.417 e. The lowest BCUT2D eigenvalue weighted by molar-refractivity contribution is -0.142. The third-order valence-electron chi connectivity index (χ3n) is 15.9. The van der Waals surface area contributed by atoms with E-state index in [4.69, 9.17) is 0 Å². The number of aryl methyl sites for hydroxylation is 4. The quantitative estimate of drug-likeness (QED) is 0.140. The van der Waals surface area contributed by atoms with Crippen molar-refractivity contribution in [3.05, 3.63) is 263 Å². The highest BCUT2D eigenvalue weighted by molar-refractivity contribution is 6.14. The molecule has 2 heterocycles.